The molecule has 0 heterocycles. The molecule has 0 spiro atoms. The van der Waals surface area contributed by atoms with Gasteiger partial charge < -0.3 is 31.9 Å². The van der Waals surface area contributed by atoms with Crippen molar-refractivity contribution in [3.05, 3.63) is 0 Å². The molecule has 1 unspecified atom stereocenters. The molecule has 10 nitrogen and oxygen atoms in total. The van der Waals surface area contributed by atoms with Crippen LogP contribution in [0.5, 0.6) is 0 Å². The second-order valence-electron chi connectivity index (χ2n) is 3.51. The predicted molar refractivity (Wildman–Crippen MR) is 62.4 cm³/mol. The number of nitrogens with two attached hydrogens (primary N) is 1. The van der Waals surface area contributed by atoms with E-state index in [1.54, 1.807) is 0 Å². The predicted octanol–water partition coefficient (Wildman–Crippen LogP) is -1.73. The first-order valence-corrected chi connectivity index (χ1v) is 5.35. The van der Waals surface area contributed by atoms with Gasteiger partial charge in [0.2, 0.25) is 0 Å². The van der Waals surface area contributed by atoms with E-state index in [0.29, 0.717) is 0 Å². The Kier molecular flexibility index (Phi) is 7.42. The van der Waals surface area contributed by atoms with E-state index < -0.39 is 30.0 Å². The normalized spacial score (nSPS) is 11.2. The Morgan fingerprint density at radius 1 is 1.05 bits per heavy atom. The van der Waals surface area contributed by atoms with Crippen LogP contribution in [0.25, 0.3) is 0 Å². The zero-order chi connectivity index (χ0) is 14.8. The Morgan fingerprint density at radius 2 is 1.63 bits per heavy atom. The van der Waals surface area contributed by atoms with Gasteiger partial charge in [0.1, 0.15) is 6.04 Å². The van der Waals surface area contributed by atoms with Crippen molar-refractivity contribution in [2.24, 2.45) is 5.73 Å². The van der Waals surface area contributed by atoms with Crippen LogP contribution in [-0.4, -0.2) is 53.3 Å². The van der Waals surface area contributed by atoms with Crippen LogP contribution >= 0.6 is 0 Å². The van der Waals surface area contributed by atoms with E-state index in [2.05, 4.69) is 16.0 Å². The number of carboxylic acid groups (broad SMARTS) is 2. The van der Waals surface area contributed by atoms with Crippen molar-refractivity contribution in [1.29, 1.82) is 0 Å². The van der Waals surface area contributed by atoms with E-state index in [-0.39, 0.29) is 25.9 Å². The molecule has 0 saturated heterocycles. The highest BCUT2D eigenvalue weighted by Crippen LogP contribution is 1.97. The van der Waals surface area contributed by atoms with E-state index >= 15 is 0 Å². The third kappa shape index (κ3) is 9.21. The van der Waals surface area contributed by atoms with E-state index in [4.69, 9.17) is 15.9 Å². The SMILES string of the molecule is NC(=O)NCCNC(=O)NC(CCC(=O)O)C(=O)O. The zero-order valence-corrected chi connectivity index (χ0v) is 10.0. The van der Waals surface area contributed by atoms with Crippen molar-refractivity contribution < 1.29 is 29.4 Å². The average molecular weight is 276 g/mol. The molecule has 0 aromatic carbocycles. The Hall–Kier alpha value is -2.52. The molecule has 0 aliphatic carbocycles. The fraction of sp³-hybridized carbons (Fsp3) is 0.556. The molecular formula is C9H16N4O6. The molecule has 0 aliphatic heterocycles. The van der Waals surface area contributed by atoms with Crippen molar-refractivity contribution in [2.75, 3.05) is 13.1 Å². The summed E-state index contributed by atoms with van der Waals surface area (Å²) in [4.78, 5) is 42.7. The van der Waals surface area contributed by atoms with Gasteiger partial charge in [0.25, 0.3) is 0 Å². The summed E-state index contributed by atoms with van der Waals surface area (Å²) < 4.78 is 0. The monoisotopic (exact) mass is 276 g/mol. The van der Waals surface area contributed by atoms with Crippen molar-refractivity contribution >= 4 is 24.0 Å². The fourth-order valence-electron chi connectivity index (χ4n) is 1.10. The van der Waals surface area contributed by atoms with Crippen LogP contribution in [-0.2, 0) is 9.59 Å². The van der Waals surface area contributed by atoms with Gasteiger partial charge >= 0.3 is 24.0 Å². The molecule has 0 fully saturated rings. The van der Waals surface area contributed by atoms with E-state index in [1.165, 1.54) is 0 Å². The summed E-state index contributed by atoms with van der Waals surface area (Å²) in [5.74, 6) is -2.48. The van der Waals surface area contributed by atoms with Gasteiger partial charge in [0.15, 0.2) is 0 Å². The molecule has 0 aliphatic rings. The number of urea groups is 2. The number of carboxylic acids is 2. The number of hydrogen-bond acceptors (Lipinski definition) is 4. The van der Waals surface area contributed by atoms with Crippen molar-refractivity contribution in [1.82, 2.24) is 16.0 Å². The van der Waals surface area contributed by atoms with Crippen LogP contribution < -0.4 is 21.7 Å². The van der Waals surface area contributed by atoms with Crippen LogP contribution in [0.15, 0.2) is 0 Å². The smallest absolute Gasteiger partial charge is 0.326 e. The highest BCUT2D eigenvalue weighted by atomic mass is 16.4. The fourth-order valence-corrected chi connectivity index (χ4v) is 1.10. The second kappa shape index (κ2) is 8.55. The van der Waals surface area contributed by atoms with Crippen LogP contribution in [0.1, 0.15) is 12.8 Å². The van der Waals surface area contributed by atoms with Gasteiger partial charge in [-0.15, -0.1) is 0 Å². The topological polar surface area (TPSA) is 171 Å². The van der Waals surface area contributed by atoms with Crippen LogP contribution in [0.3, 0.4) is 0 Å². The molecule has 19 heavy (non-hydrogen) atoms. The van der Waals surface area contributed by atoms with Crippen LogP contribution in [0.4, 0.5) is 9.59 Å². The van der Waals surface area contributed by atoms with Gasteiger partial charge in [-0.05, 0) is 6.42 Å². The maximum absolute atomic E-state index is 11.3. The minimum Gasteiger partial charge on any atom is -0.481 e. The maximum atomic E-state index is 11.3. The average Bonchev–Trinajstić information content (AvgIpc) is 2.29. The molecule has 1 atom stereocenters. The number of carbonyl (C=O) groups is 4. The molecule has 10 heteroatoms. The van der Waals surface area contributed by atoms with Gasteiger partial charge in [0.05, 0.1) is 0 Å². The summed E-state index contributed by atoms with van der Waals surface area (Å²) in [5, 5.41) is 23.8. The summed E-state index contributed by atoms with van der Waals surface area (Å²) in [5.41, 5.74) is 4.79. The lowest BCUT2D eigenvalue weighted by Crippen LogP contribution is -2.48. The molecule has 0 saturated carbocycles. The second-order valence-corrected chi connectivity index (χ2v) is 3.51. The molecule has 0 bridgehead atoms. The number of amides is 4. The Labute approximate surface area is 108 Å². The quantitative estimate of drug-likeness (QED) is 0.287. The van der Waals surface area contributed by atoms with Crippen molar-refractivity contribution in [2.45, 2.75) is 18.9 Å². The highest BCUT2D eigenvalue weighted by molar-refractivity contribution is 5.83. The van der Waals surface area contributed by atoms with Gasteiger partial charge in [-0.2, -0.15) is 0 Å². The largest absolute Gasteiger partial charge is 0.481 e. The molecule has 7 N–H and O–H groups in total. The molecule has 0 radical (unpaired) electrons. The number of hydrogen-bond donors (Lipinski definition) is 6. The van der Waals surface area contributed by atoms with Crippen LogP contribution in [0, 0.1) is 0 Å². The first kappa shape index (κ1) is 16.5. The van der Waals surface area contributed by atoms with E-state index in [9.17, 15) is 19.2 Å². The van der Waals surface area contributed by atoms with Gasteiger partial charge in [-0.25, -0.2) is 14.4 Å². The number of carbonyl (C=O) groups excluding carboxylic acids is 2. The van der Waals surface area contributed by atoms with Crippen molar-refractivity contribution in [3.8, 4) is 0 Å². The molecule has 0 aromatic heterocycles. The summed E-state index contributed by atoms with van der Waals surface area (Å²) in [6.45, 7) is 0.148. The Morgan fingerprint density at radius 3 is 2.11 bits per heavy atom. The summed E-state index contributed by atoms with van der Waals surface area (Å²) in [6, 6.07) is -2.81. The molecule has 0 aromatic rings. The summed E-state index contributed by atoms with van der Waals surface area (Å²) in [7, 11) is 0. The number of aliphatic carboxylic acids is 2. The van der Waals surface area contributed by atoms with Gasteiger partial charge in [-0.1, -0.05) is 0 Å². The third-order valence-corrected chi connectivity index (χ3v) is 1.96. The van der Waals surface area contributed by atoms with E-state index in [0.717, 1.165) is 0 Å². The minimum absolute atomic E-state index is 0.0556. The lowest BCUT2D eigenvalue weighted by Gasteiger charge is -2.14. The molecule has 0 rings (SSSR count). The summed E-state index contributed by atoms with van der Waals surface area (Å²) in [6.07, 6.45) is -0.599. The standard InChI is InChI=1S/C9H16N4O6/c10-8(18)11-3-4-12-9(19)13-5(7(16)17)1-2-6(14)15/h5H,1-4H2,(H,14,15)(H,16,17)(H3,10,11,18)(H2,12,13,19). The lowest BCUT2D eigenvalue weighted by molar-refractivity contribution is -0.140. The Bertz CT molecular complexity index is 359. The summed E-state index contributed by atoms with van der Waals surface area (Å²) >= 11 is 0. The van der Waals surface area contributed by atoms with Gasteiger partial charge in [-0.3, -0.25) is 4.79 Å². The number of primary amides is 1. The Balaban J connectivity index is 3.99. The van der Waals surface area contributed by atoms with E-state index in [1.807, 2.05) is 0 Å². The first-order chi connectivity index (χ1) is 8.82. The number of rotatable bonds is 8. The first-order valence-electron chi connectivity index (χ1n) is 5.35. The highest BCUT2D eigenvalue weighted by Gasteiger charge is 2.20. The van der Waals surface area contributed by atoms with Crippen molar-refractivity contribution in [3.63, 3.8) is 0 Å². The lowest BCUT2D eigenvalue weighted by atomic mass is 10.1. The molecular weight excluding hydrogens is 260 g/mol. The maximum Gasteiger partial charge on any atom is 0.326 e. The van der Waals surface area contributed by atoms with Crippen LogP contribution in [0.2, 0.25) is 0 Å². The zero-order valence-electron chi connectivity index (χ0n) is 10.0. The molecule has 108 valence electrons. The number of nitrogens with one attached hydrogen (secondary N) is 3. The van der Waals surface area contributed by atoms with Gasteiger partial charge in [0, 0.05) is 19.5 Å². The third-order valence-electron chi connectivity index (χ3n) is 1.96. The molecule has 4 amide bonds. The minimum atomic E-state index is -1.33.